The van der Waals surface area contributed by atoms with Crippen LogP contribution in [0.15, 0.2) is 77.7 Å². The Kier molecular flexibility index (Phi) is 5.89. The van der Waals surface area contributed by atoms with E-state index in [1.807, 2.05) is 23.1 Å². The molecule has 34 heavy (non-hydrogen) atoms. The lowest BCUT2D eigenvalue weighted by molar-refractivity contribution is 0.0153. The zero-order chi connectivity index (χ0) is 23.8. The van der Waals surface area contributed by atoms with Gasteiger partial charge in [-0.3, -0.25) is 18.6 Å². The number of hydrogen-bond acceptors (Lipinski definition) is 6. The van der Waals surface area contributed by atoms with Gasteiger partial charge in [0.1, 0.15) is 18.1 Å². The molecule has 0 spiro atoms. The maximum Gasteiger partial charge on any atom is 0.253 e. The van der Waals surface area contributed by atoms with Crippen molar-refractivity contribution < 1.29 is 23.4 Å². The van der Waals surface area contributed by atoms with Crippen LogP contribution in [0.2, 0.25) is 0 Å². The van der Waals surface area contributed by atoms with Crippen LogP contribution in [0.1, 0.15) is 22.8 Å². The van der Waals surface area contributed by atoms with Crippen molar-refractivity contribution >= 4 is 22.4 Å². The summed E-state index contributed by atoms with van der Waals surface area (Å²) in [6.07, 6.45) is 0.941. The highest BCUT2D eigenvalue weighted by atomic mass is 32.3. The minimum atomic E-state index is -3.39. The van der Waals surface area contributed by atoms with E-state index in [4.69, 9.17) is 9.47 Å². The van der Waals surface area contributed by atoms with Crippen LogP contribution in [0.4, 0.5) is 5.69 Å². The molecule has 0 bridgehead atoms. The Labute approximate surface area is 200 Å². The van der Waals surface area contributed by atoms with Crippen molar-refractivity contribution in [1.29, 1.82) is 0 Å². The standard InChI is InChI=1S/C26H28N2O5S/c1-26(16-19-6-3-2-4-7-19)17-28(18-26)25(29)20-10-12-21(13-11-20)27-34(30,31)23-9-5-8-22-24(23)33-15-14-32-22/h2-13,27,30-31H,14-18H2,1H3. The molecule has 2 aliphatic rings. The lowest BCUT2D eigenvalue weighted by atomic mass is 9.76. The van der Waals surface area contributed by atoms with E-state index in [1.54, 1.807) is 42.5 Å². The molecule has 0 atom stereocenters. The second-order valence-corrected chi connectivity index (χ2v) is 10.9. The first-order chi connectivity index (χ1) is 16.3. The maximum absolute atomic E-state index is 12.9. The smallest absolute Gasteiger partial charge is 0.253 e. The highest BCUT2D eigenvalue weighted by molar-refractivity contribution is 8.25. The van der Waals surface area contributed by atoms with Gasteiger partial charge in [-0.25, -0.2) is 0 Å². The van der Waals surface area contributed by atoms with E-state index in [9.17, 15) is 13.9 Å². The van der Waals surface area contributed by atoms with Gasteiger partial charge in [-0.15, -0.1) is 0 Å². The molecule has 0 aliphatic carbocycles. The summed E-state index contributed by atoms with van der Waals surface area (Å²) in [6.45, 7) is 4.39. The van der Waals surface area contributed by atoms with Crippen LogP contribution in [0.5, 0.6) is 11.5 Å². The van der Waals surface area contributed by atoms with Gasteiger partial charge in [-0.2, -0.15) is 0 Å². The number of likely N-dealkylation sites (tertiary alicyclic amines) is 1. The lowest BCUT2D eigenvalue weighted by Gasteiger charge is -2.48. The van der Waals surface area contributed by atoms with Crippen LogP contribution in [0, 0.1) is 5.41 Å². The van der Waals surface area contributed by atoms with Gasteiger partial charge >= 0.3 is 0 Å². The average Bonchev–Trinajstić information content (AvgIpc) is 2.82. The fraction of sp³-hybridized carbons (Fsp3) is 0.269. The number of hydrogen-bond donors (Lipinski definition) is 3. The van der Waals surface area contributed by atoms with Gasteiger partial charge < -0.3 is 14.4 Å². The molecule has 1 amide bonds. The van der Waals surface area contributed by atoms with E-state index in [0.29, 0.717) is 49.1 Å². The predicted octanol–water partition coefficient (Wildman–Crippen LogP) is 5.30. The highest BCUT2D eigenvalue weighted by Crippen LogP contribution is 2.54. The SMILES string of the molecule is CC1(Cc2ccccc2)CN(C(=O)c2ccc(NS(O)(O)c3cccc4c3OCCO4)cc2)C1. The van der Waals surface area contributed by atoms with E-state index in [2.05, 4.69) is 23.8 Å². The van der Waals surface area contributed by atoms with Crippen LogP contribution in [0.3, 0.4) is 0 Å². The molecule has 178 valence electrons. The molecular weight excluding hydrogens is 452 g/mol. The summed E-state index contributed by atoms with van der Waals surface area (Å²) in [5.41, 5.74) is 2.42. The number of anilines is 1. The molecule has 7 nitrogen and oxygen atoms in total. The lowest BCUT2D eigenvalue weighted by Crippen LogP contribution is -2.57. The highest BCUT2D eigenvalue weighted by Gasteiger charge is 2.41. The normalized spacial score (nSPS) is 17.0. The third-order valence-corrected chi connectivity index (χ3v) is 7.59. The van der Waals surface area contributed by atoms with E-state index < -0.39 is 10.8 Å². The van der Waals surface area contributed by atoms with Crippen molar-refractivity contribution in [2.24, 2.45) is 5.41 Å². The largest absolute Gasteiger partial charge is 0.486 e. The van der Waals surface area contributed by atoms with Gasteiger partial charge in [0.2, 0.25) is 0 Å². The maximum atomic E-state index is 12.9. The first-order valence-electron chi connectivity index (χ1n) is 11.2. The second-order valence-electron chi connectivity index (χ2n) is 9.14. The van der Waals surface area contributed by atoms with Crippen molar-refractivity contribution in [3.8, 4) is 11.5 Å². The molecule has 0 saturated carbocycles. The number of carbonyl (C=O) groups is 1. The van der Waals surface area contributed by atoms with Crippen molar-refractivity contribution in [3.63, 3.8) is 0 Å². The van der Waals surface area contributed by atoms with E-state index in [1.165, 1.54) is 5.56 Å². The van der Waals surface area contributed by atoms with Crippen LogP contribution >= 0.6 is 10.8 Å². The predicted molar refractivity (Wildman–Crippen MR) is 133 cm³/mol. The average molecular weight is 481 g/mol. The van der Waals surface area contributed by atoms with Gasteiger partial charge in [-0.05, 0) is 48.4 Å². The molecular formula is C26H28N2O5S. The molecule has 1 saturated heterocycles. The summed E-state index contributed by atoms with van der Waals surface area (Å²) < 4.78 is 35.5. The molecule has 3 N–H and O–H groups in total. The molecule has 2 heterocycles. The minimum absolute atomic E-state index is 0.0219. The number of para-hydroxylation sites is 1. The topological polar surface area (TPSA) is 91.3 Å². The van der Waals surface area contributed by atoms with Gasteiger partial charge in [0.15, 0.2) is 11.5 Å². The van der Waals surface area contributed by atoms with Gasteiger partial charge in [0.05, 0.1) is 5.69 Å². The molecule has 3 aromatic rings. The van der Waals surface area contributed by atoms with Gasteiger partial charge in [0.25, 0.3) is 5.91 Å². The van der Waals surface area contributed by atoms with Crippen LogP contribution in [-0.2, 0) is 6.42 Å². The Morgan fingerprint density at radius 3 is 2.41 bits per heavy atom. The third-order valence-electron chi connectivity index (χ3n) is 6.13. The Morgan fingerprint density at radius 2 is 1.68 bits per heavy atom. The number of benzene rings is 3. The summed E-state index contributed by atoms with van der Waals surface area (Å²) in [4.78, 5) is 15.0. The Morgan fingerprint density at radius 1 is 0.971 bits per heavy atom. The fourth-order valence-electron chi connectivity index (χ4n) is 4.57. The Balaban J connectivity index is 1.23. The summed E-state index contributed by atoms with van der Waals surface area (Å²) >= 11 is 0. The zero-order valence-electron chi connectivity index (χ0n) is 18.9. The zero-order valence-corrected chi connectivity index (χ0v) is 19.8. The first-order valence-corrected chi connectivity index (χ1v) is 12.8. The molecule has 0 aromatic heterocycles. The fourth-order valence-corrected chi connectivity index (χ4v) is 5.83. The molecule has 1 fully saturated rings. The number of fused-ring (bicyclic) bond motifs is 1. The van der Waals surface area contributed by atoms with Crippen LogP contribution < -0.4 is 14.2 Å². The third kappa shape index (κ3) is 4.57. The second kappa shape index (κ2) is 8.87. The number of rotatable bonds is 6. The number of nitrogens with one attached hydrogen (secondary N) is 1. The van der Waals surface area contributed by atoms with Gasteiger partial charge in [-0.1, -0.05) is 54.1 Å². The van der Waals surface area contributed by atoms with E-state index in [0.717, 1.165) is 6.42 Å². The minimum Gasteiger partial charge on any atom is -0.486 e. The van der Waals surface area contributed by atoms with Crippen molar-refractivity contribution in [2.45, 2.75) is 18.2 Å². The number of amides is 1. The van der Waals surface area contributed by atoms with Crippen molar-refractivity contribution in [2.75, 3.05) is 31.0 Å². The van der Waals surface area contributed by atoms with E-state index in [-0.39, 0.29) is 16.2 Å². The molecule has 3 aromatic carbocycles. The van der Waals surface area contributed by atoms with Crippen molar-refractivity contribution in [1.82, 2.24) is 4.90 Å². The molecule has 5 rings (SSSR count). The molecule has 0 unspecified atom stereocenters. The molecule has 0 radical (unpaired) electrons. The van der Waals surface area contributed by atoms with Gasteiger partial charge in [0, 0.05) is 24.1 Å². The summed E-state index contributed by atoms with van der Waals surface area (Å²) in [6, 6.07) is 22.1. The van der Waals surface area contributed by atoms with Crippen LogP contribution in [0.25, 0.3) is 0 Å². The van der Waals surface area contributed by atoms with E-state index >= 15 is 0 Å². The molecule has 2 aliphatic heterocycles. The quantitative estimate of drug-likeness (QED) is 0.444. The number of ether oxygens (including phenoxy) is 2. The van der Waals surface area contributed by atoms with Crippen molar-refractivity contribution in [3.05, 3.63) is 83.9 Å². The Hall–Kier alpha value is -3.20. The number of carbonyl (C=O) groups excluding carboxylic acids is 1. The first kappa shape index (κ1) is 22.6. The van der Waals surface area contributed by atoms with Crippen LogP contribution in [-0.4, -0.2) is 46.2 Å². The monoisotopic (exact) mass is 480 g/mol. The summed E-state index contributed by atoms with van der Waals surface area (Å²) in [5, 5.41) is 0. The number of nitrogens with zero attached hydrogens (tertiary/aromatic N) is 1. The summed E-state index contributed by atoms with van der Waals surface area (Å²) in [5.74, 6) is 0.802. The summed E-state index contributed by atoms with van der Waals surface area (Å²) in [7, 11) is -3.39. The molecule has 8 heteroatoms. The Bertz CT molecular complexity index is 1180.